The topological polar surface area (TPSA) is 34.1 Å². The summed E-state index contributed by atoms with van der Waals surface area (Å²) in [6.45, 7) is 1.93. The van der Waals surface area contributed by atoms with Crippen molar-refractivity contribution in [2.75, 3.05) is 0 Å². The van der Waals surface area contributed by atoms with Gasteiger partial charge in [-0.1, -0.05) is 60.2 Å². The molecule has 0 N–H and O–H groups in total. The van der Waals surface area contributed by atoms with Crippen LogP contribution in [0.2, 0.25) is 0 Å². The van der Waals surface area contributed by atoms with Crippen LogP contribution in [0.1, 0.15) is 11.1 Å². The molecule has 0 heterocycles. The third kappa shape index (κ3) is 2.95. The van der Waals surface area contributed by atoms with Crippen molar-refractivity contribution in [2.45, 2.75) is 11.8 Å². The van der Waals surface area contributed by atoms with E-state index in [0.717, 1.165) is 21.9 Å². The Labute approximate surface area is 130 Å². The second-order valence-electron chi connectivity index (χ2n) is 5.23. The monoisotopic (exact) mass is 308 g/mol. The number of benzene rings is 3. The number of sulfone groups is 1. The Morgan fingerprint density at radius 2 is 1.50 bits per heavy atom. The Kier molecular flexibility index (Phi) is 3.82. The summed E-state index contributed by atoms with van der Waals surface area (Å²) in [4.78, 5) is 0.314. The lowest BCUT2D eigenvalue weighted by Crippen LogP contribution is -1.95. The van der Waals surface area contributed by atoms with Gasteiger partial charge in [-0.05, 0) is 41.5 Å². The highest BCUT2D eigenvalue weighted by Crippen LogP contribution is 2.21. The molecule has 0 aliphatic heterocycles. The van der Waals surface area contributed by atoms with Crippen LogP contribution in [0.15, 0.2) is 77.0 Å². The largest absolute Gasteiger partial charge is 0.219 e. The van der Waals surface area contributed by atoms with Crippen molar-refractivity contribution < 1.29 is 8.42 Å². The standard InChI is InChI=1S/C19H16O2S/c1-15-9-11-18(12-10-15)22(20,21)14-13-17-7-4-6-16-5-2-3-8-19(16)17/h2-14H,1H3/b14-13+. The summed E-state index contributed by atoms with van der Waals surface area (Å²) < 4.78 is 24.7. The molecule has 110 valence electrons. The number of fused-ring (bicyclic) bond motifs is 1. The molecule has 0 aliphatic rings. The maximum atomic E-state index is 12.4. The van der Waals surface area contributed by atoms with Crippen LogP contribution in [0.4, 0.5) is 0 Å². The van der Waals surface area contributed by atoms with E-state index in [9.17, 15) is 8.42 Å². The van der Waals surface area contributed by atoms with E-state index in [1.807, 2.05) is 49.4 Å². The number of rotatable bonds is 3. The maximum Gasteiger partial charge on any atom is 0.199 e. The first-order valence-electron chi connectivity index (χ1n) is 7.04. The van der Waals surface area contributed by atoms with Crippen molar-refractivity contribution in [1.29, 1.82) is 0 Å². The van der Waals surface area contributed by atoms with E-state index >= 15 is 0 Å². The molecule has 22 heavy (non-hydrogen) atoms. The van der Waals surface area contributed by atoms with Gasteiger partial charge in [-0.2, -0.15) is 0 Å². The summed E-state index contributed by atoms with van der Waals surface area (Å²) in [5, 5.41) is 3.41. The van der Waals surface area contributed by atoms with E-state index < -0.39 is 9.84 Å². The first-order chi connectivity index (χ1) is 10.6. The smallest absolute Gasteiger partial charge is 0.199 e. The van der Waals surface area contributed by atoms with Crippen LogP contribution in [0.3, 0.4) is 0 Å². The molecule has 3 heteroatoms. The lowest BCUT2D eigenvalue weighted by molar-refractivity contribution is 0.605. The molecule has 0 spiro atoms. The molecule has 2 nitrogen and oxygen atoms in total. The molecule has 0 bridgehead atoms. The quantitative estimate of drug-likeness (QED) is 0.709. The zero-order valence-electron chi connectivity index (χ0n) is 12.2. The van der Waals surface area contributed by atoms with E-state index in [-0.39, 0.29) is 0 Å². The highest BCUT2D eigenvalue weighted by atomic mass is 32.2. The van der Waals surface area contributed by atoms with Crippen molar-refractivity contribution in [3.63, 3.8) is 0 Å². The second-order valence-corrected chi connectivity index (χ2v) is 7.06. The molecule has 0 fully saturated rings. The van der Waals surface area contributed by atoms with Crippen molar-refractivity contribution >= 4 is 26.7 Å². The summed E-state index contributed by atoms with van der Waals surface area (Å²) in [5.41, 5.74) is 1.94. The van der Waals surface area contributed by atoms with Gasteiger partial charge in [-0.15, -0.1) is 0 Å². The molecule has 0 radical (unpaired) electrons. The average molecular weight is 308 g/mol. The fourth-order valence-corrected chi connectivity index (χ4v) is 3.36. The molecule has 0 saturated heterocycles. The fraction of sp³-hybridized carbons (Fsp3) is 0.0526. The van der Waals surface area contributed by atoms with Gasteiger partial charge in [0.05, 0.1) is 4.90 Å². The van der Waals surface area contributed by atoms with Crippen molar-refractivity contribution in [1.82, 2.24) is 0 Å². The van der Waals surface area contributed by atoms with Gasteiger partial charge in [0, 0.05) is 5.41 Å². The average Bonchev–Trinajstić information content (AvgIpc) is 2.53. The van der Waals surface area contributed by atoms with Crippen molar-refractivity contribution in [2.24, 2.45) is 0 Å². The van der Waals surface area contributed by atoms with E-state index in [1.165, 1.54) is 5.41 Å². The van der Waals surface area contributed by atoms with Gasteiger partial charge in [-0.3, -0.25) is 0 Å². The van der Waals surface area contributed by atoms with Crippen LogP contribution >= 0.6 is 0 Å². The van der Waals surface area contributed by atoms with Crippen molar-refractivity contribution in [3.8, 4) is 0 Å². The molecule has 0 unspecified atom stereocenters. The molecular weight excluding hydrogens is 292 g/mol. The Morgan fingerprint density at radius 3 is 2.27 bits per heavy atom. The van der Waals surface area contributed by atoms with Gasteiger partial charge >= 0.3 is 0 Å². The summed E-state index contributed by atoms with van der Waals surface area (Å²) in [7, 11) is -3.42. The Morgan fingerprint density at radius 1 is 0.818 bits per heavy atom. The molecule has 3 rings (SSSR count). The van der Waals surface area contributed by atoms with Crippen molar-refractivity contribution in [3.05, 3.63) is 83.3 Å². The predicted octanol–water partition coefficient (Wildman–Crippen LogP) is 4.59. The Balaban J connectivity index is 2.00. The predicted molar refractivity (Wildman–Crippen MR) is 91.3 cm³/mol. The van der Waals surface area contributed by atoms with Crippen LogP contribution < -0.4 is 0 Å². The minimum atomic E-state index is -3.42. The normalized spacial score (nSPS) is 12.0. The molecule has 0 saturated carbocycles. The summed E-state index contributed by atoms with van der Waals surface area (Å²) in [6, 6.07) is 20.7. The minimum Gasteiger partial charge on any atom is -0.219 e. The number of hydrogen-bond acceptors (Lipinski definition) is 2. The molecule has 0 aliphatic carbocycles. The first-order valence-corrected chi connectivity index (χ1v) is 8.58. The minimum absolute atomic E-state index is 0.314. The van der Waals surface area contributed by atoms with Crippen LogP contribution in [-0.4, -0.2) is 8.42 Å². The molecular formula is C19H16O2S. The van der Waals surface area contributed by atoms with Crippen LogP contribution in [0.5, 0.6) is 0 Å². The van der Waals surface area contributed by atoms with E-state index in [4.69, 9.17) is 0 Å². The summed E-state index contributed by atoms with van der Waals surface area (Å²) in [5.74, 6) is 0. The SMILES string of the molecule is Cc1ccc(S(=O)(=O)/C=C/c2cccc3ccccc23)cc1. The van der Waals surface area contributed by atoms with Crippen LogP contribution in [-0.2, 0) is 9.84 Å². The third-order valence-corrected chi connectivity index (χ3v) is 5.02. The lowest BCUT2D eigenvalue weighted by Gasteiger charge is -2.03. The summed E-state index contributed by atoms with van der Waals surface area (Å²) >= 11 is 0. The van der Waals surface area contributed by atoms with E-state index in [0.29, 0.717) is 4.90 Å². The van der Waals surface area contributed by atoms with Gasteiger partial charge in [0.25, 0.3) is 0 Å². The number of hydrogen-bond donors (Lipinski definition) is 0. The van der Waals surface area contributed by atoms with Gasteiger partial charge in [-0.25, -0.2) is 8.42 Å². The van der Waals surface area contributed by atoms with Gasteiger partial charge in [0.2, 0.25) is 0 Å². The molecule has 3 aromatic carbocycles. The lowest BCUT2D eigenvalue weighted by atomic mass is 10.1. The van der Waals surface area contributed by atoms with Crippen LogP contribution in [0.25, 0.3) is 16.8 Å². The summed E-state index contributed by atoms with van der Waals surface area (Å²) in [6.07, 6.45) is 1.66. The third-order valence-electron chi connectivity index (χ3n) is 3.60. The van der Waals surface area contributed by atoms with Gasteiger partial charge in [0.15, 0.2) is 9.84 Å². The Bertz CT molecular complexity index is 931. The van der Waals surface area contributed by atoms with E-state index in [1.54, 1.807) is 30.3 Å². The van der Waals surface area contributed by atoms with Gasteiger partial charge in [0.1, 0.15) is 0 Å². The fourth-order valence-electron chi connectivity index (χ4n) is 2.37. The first kappa shape index (κ1) is 14.5. The Hall–Kier alpha value is -2.39. The highest BCUT2D eigenvalue weighted by Gasteiger charge is 2.09. The second kappa shape index (κ2) is 5.78. The maximum absolute atomic E-state index is 12.4. The zero-order valence-corrected chi connectivity index (χ0v) is 13.0. The molecule has 0 amide bonds. The highest BCUT2D eigenvalue weighted by molar-refractivity contribution is 7.94. The van der Waals surface area contributed by atoms with Crippen LogP contribution in [0, 0.1) is 6.92 Å². The van der Waals surface area contributed by atoms with Gasteiger partial charge < -0.3 is 0 Å². The molecule has 0 atom stereocenters. The molecule has 3 aromatic rings. The number of aryl methyl sites for hydroxylation is 1. The molecule has 0 aromatic heterocycles. The van der Waals surface area contributed by atoms with E-state index in [2.05, 4.69) is 0 Å². The zero-order chi connectivity index (χ0) is 15.6.